The lowest BCUT2D eigenvalue weighted by Gasteiger charge is -2.16. The molecule has 0 radical (unpaired) electrons. The number of carbonyl (C=O) groups excluding carboxylic acids is 1. The molecule has 1 aliphatic carbocycles. The predicted octanol–water partition coefficient (Wildman–Crippen LogP) is 2.35. The zero-order valence-electron chi connectivity index (χ0n) is 12.6. The topological polar surface area (TPSA) is 66.5 Å². The van der Waals surface area contributed by atoms with Crippen molar-refractivity contribution in [3.63, 3.8) is 0 Å². The van der Waals surface area contributed by atoms with Crippen molar-refractivity contribution in [3.8, 4) is 0 Å². The first kappa shape index (κ1) is 14.9. The van der Waals surface area contributed by atoms with E-state index in [2.05, 4.69) is 10.8 Å². The van der Waals surface area contributed by atoms with E-state index in [1.54, 1.807) is 4.90 Å². The molecule has 4 rings (SSSR count). The maximum Gasteiger partial charge on any atom is 0.268 e. The Bertz CT molecular complexity index is 898. The van der Waals surface area contributed by atoms with Gasteiger partial charge in [-0.2, -0.15) is 0 Å². The SMILES string of the molecule is CNS(=O)(=O)c1csc(C(=O)N2CC3(CC3)c3ccccc32)c1. The van der Waals surface area contributed by atoms with Gasteiger partial charge in [0.15, 0.2) is 0 Å². The number of nitrogens with zero attached hydrogens (tertiary/aromatic N) is 1. The number of amides is 1. The van der Waals surface area contributed by atoms with Crippen LogP contribution in [0.1, 0.15) is 28.1 Å². The molecular formula is C16H16N2O3S2. The van der Waals surface area contributed by atoms with Gasteiger partial charge in [0.25, 0.3) is 5.91 Å². The molecule has 120 valence electrons. The van der Waals surface area contributed by atoms with Crippen molar-refractivity contribution in [2.45, 2.75) is 23.2 Å². The fourth-order valence-electron chi connectivity index (χ4n) is 3.21. The number of para-hydroxylation sites is 1. The maximum atomic E-state index is 12.9. The quantitative estimate of drug-likeness (QED) is 0.926. The molecule has 1 aliphatic heterocycles. The minimum absolute atomic E-state index is 0.122. The summed E-state index contributed by atoms with van der Waals surface area (Å²) in [6.07, 6.45) is 2.22. The molecule has 1 spiro atoms. The number of hydrogen-bond donors (Lipinski definition) is 1. The Labute approximate surface area is 139 Å². The summed E-state index contributed by atoms with van der Waals surface area (Å²) < 4.78 is 26.0. The second-order valence-corrected chi connectivity index (χ2v) is 8.84. The summed E-state index contributed by atoms with van der Waals surface area (Å²) in [5.41, 5.74) is 2.33. The van der Waals surface area contributed by atoms with Gasteiger partial charge in [-0.25, -0.2) is 13.1 Å². The third-order valence-corrected chi connectivity index (χ3v) is 7.15. The molecule has 1 fully saturated rings. The van der Waals surface area contributed by atoms with E-state index in [0.29, 0.717) is 11.4 Å². The highest BCUT2D eigenvalue weighted by Gasteiger charge is 2.52. The van der Waals surface area contributed by atoms with E-state index in [4.69, 9.17) is 0 Å². The Morgan fingerprint density at radius 2 is 2.04 bits per heavy atom. The van der Waals surface area contributed by atoms with Crippen molar-refractivity contribution in [3.05, 3.63) is 46.2 Å². The molecule has 0 atom stereocenters. The molecular weight excluding hydrogens is 332 g/mol. The van der Waals surface area contributed by atoms with E-state index in [1.807, 2.05) is 18.2 Å². The number of nitrogens with one attached hydrogen (secondary N) is 1. The zero-order chi connectivity index (χ0) is 16.2. The van der Waals surface area contributed by atoms with E-state index in [1.165, 1.54) is 35.4 Å². The number of benzene rings is 1. The van der Waals surface area contributed by atoms with Crippen LogP contribution in [0.4, 0.5) is 5.69 Å². The molecule has 1 amide bonds. The van der Waals surface area contributed by atoms with Gasteiger partial charge in [-0.3, -0.25) is 4.79 Å². The average molecular weight is 348 g/mol. The number of rotatable bonds is 3. The van der Waals surface area contributed by atoms with Crippen molar-refractivity contribution in [1.82, 2.24) is 4.72 Å². The van der Waals surface area contributed by atoms with Crippen LogP contribution in [0, 0.1) is 0 Å². The molecule has 2 aliphatic rings. The number of sulfonamides is 1. The van der Waals surface area contributed by atoms with Crippen molar-refractivity contribution in [2.24, 2.45) is 0 Å². The molecule has 1 saturated carbocycles. The lowest BCUT2D eigenvalue weighted by Crippen LogP contribution is -2.30. The Morgan fingerprint density at radius 3 is 2.74 bits per heavy atom. The van der Waals surface area contributed by atoms with Crippen molar-refractivity contribution >= 4 is 33.0 Å². The number of anilines is 1. The smallest absolute Gasteiger partial charge is 0.268 e. The molecule has 2 heterocycles. The van der Waals surface area contributed by atoms with Crippen molar-refractivity contribution < 1.29 is 13.2 Å². The van der Waals surface area contributed by atoms with Crippen LogP contribution in [0.3, 0.4) is 0 Å². The molecule has 0 unspecified atom stereocenters. The molecule has 5 nitrogen and oxygen atoms in total. The summed E-state index contributed by atoms with van der Waals surface area (Å²) in [6.45, 7) is 0.692. The maximum absolute atomic E-state index is 12.9. The zero-order valence-corrected chi connectivity index (χ0v) is 14.2. The van der Waals surface area contributed by atoms with Crippen LogP contribution in [0.5, 0.6) is 0 Å². The van der Waals surface area contributed by atoms with Gasteiger partial charge in [-0.05, 0) is 37.6 Å². The highest BCUT2D eigenvalue weighted by Crippen LogP contribution is 2.56. The Morgan fingerprint density at radius 1 is 1.30 bits per heavy atom. The number of carbonyl (C=O) groups is 1. The first-order valence-electron chi connectivity index (χ1n) is 7.40. The monoisotopic (exact) mass is 348 g/mol. The van der Waals surface area contributed by atoms with E-state index in [9.17, 15) is 13.2 Å². The minimum Gasteiger partial charge on any atom is -0.306 e. The Balaban J connectivity index is 1.69. The highest BCUT2D eigenvalue weighted by molar-refractivity contribution is 7.89. The predicted molar refractivity (Wildman–Crippen MR) is 89.6 cm³/mol. The molecule has 1 N–H and O–H groups in total. The Kier molecular flexibility index (Phi) is 3.16. The first-order chi connectivity index (χ1) is 11.0. The van der Waals surface area contributed by atoms with E-state index in [-0.39, 0.29) is 16.2 Å². The van der Waals surface area contributed by atoms with Crippen LogP contribution in [0.25, 0.3) is 0 Å². The summed E-state index contributed by atoms with van der Waals surface area (Å²) in [6, 6.07) is 9.47. The molecule has 7 heteroatoms. The third kappa shape index (κ3) is 2.22. The lowest BCUT2D eigenvalue weighted by molar-refractivity contribution is 0.0991. The molecule has 1 aromatic carbocycles. The summed E-state index contributed by atoms with van der Waals surface area (Å²) >= 11 is 1.17. The van der Waals surface area contributed by atoms with Gasteiger partial charge in [0.1, 0.15) is 0 Å². The van der Waals surface area contributed by atoms with Gasteiger partial charge < -0.3 is 4.90 Å². The second kappa shape index (κ2) is 4.90. The van der Waals surface area contributed by atoms with Crippen LogP contribution in [-0.4, -0.2) is 27.9 Å². The van der Waals surface area contributed by atoms with Crippen LogP contribution in [0.2, 0.25) is 0 Å². The average Bonchev–Trinajstić information content (AvgIpc) is 3.03. The summed E-state index contributed by atoms with van der Waals surface area (Å²) in [4.78, 5) is 15.3. The van der Waals surface area contributed by atoms with Gasteiger partial charge in [-0.15, -0.1) is 11.3 Å². The lowest BCUT2D eigenvalue weighted by atomic mass is 9.99. The van der Waals surface area contributed by atoms with Gasteiger partial charge in [0.05, 0.1) is 9.77 Å². The van der Waals surface area contributed by atoms with Crippen LogP contribution in [-0.2, 0) is 15.4 Å². The highest BCUT2D eigenvalue weighted by atomic mass is 32.2. The van der Waals surface area contributed by atoms with Crippen molar-refractivity contribution in [1.29, 1.82) is 0 Å². The summed E-state index contributed by atoms with van der Waals surface area (Å²) in [5.74, 6) is -0.122. The molecule has 0 bridgehead atoms. The van der Waals surface area contributed by atoms with E-state index in [0.717, 1.165) is 18.5 Å². The number of fused-ring (bicyclic) bond motifs is 2. The van der Waals surface area contributed by atoms with E-state index >= 15 is 0 Å². The number of thiophene rings is 1. The van der Waals surface area contributed by atoms with E-state index < -0.39 is 10.0 Å². The van der Waals surface area contributed by atoms with Crippen LogP contribution >= 0.6 is 11.3 Å². The largest absolute Gasteiger partial charge is 0.306 e. The molecule has 23 heavy (non-hydrogen) atoms. The van der Waals surface area contributed by atoms with Gasteiger partial charge in [0, 0.05) is 23.0 Å². The molecule has 2 aromatic rings. The standard InChI is InChI=1S/C16H16N2O3S2/c1-17-23(20,21)11-8-14(22-9-11)15(19)18-10-16(6-7-16)12-4-2-3-5-13(12)18/h2-5,8-9,17H,6-7,10H2,1H3. The fraction of sp³-hybridized carbons (Fsp3) is 0.312. The number of hydrogen-bond acceptors (Lipinski definition) is 4. The third-order valence-electron chi connectivity index (χ3n) is 4.69. The molecule has 1 aromatic heterocycles. The molecule has 0 saturated heterocycles. The normalized spacial score (nSPS) is 18.2. The second-order valence-electron chi connectivity index (χ2n) is 6.04. The van der Waals surface area contributed by atoms with Crippen molar-refractivity contribution in [2.75, 3.05) is 18.5 Å². The van der Waals surface area contributed by atoms with Gasteiger partial charge in [-0.1, -0.05) is 18.2 Å². The summed E-state index contributed by atoms with van der Waals surface area (Å²) in [5, 5.41) is 1.51. The fourth-order valence-corrected chi connectivity index (χ4v) is 5.16. The van der Waals surface area contributed by atoms with Crippen LogP contribution in [0.15, 0.2) is 40.6 Å². The van der Waals surface area contributed by atoms with Crippen LogP contribution < -0.4 is 9.62 Å². The van der Waals surface area contributed by atoms with Gasteiger partial charge >= 0.3 is 0 Å². The van der Waals surface area contributed by atoms with Gasteiger partial charge in [0.2, 0.25) is 10.0 Å². The first-order valence-corrected chi connectivity index (χ1v) is 9.77. The summed E-state index contributed by atoms with van der Waals surface area (Å²) in [7, 11) is -2.15. The Hall–Kier alpha value is -1.70. The minimum atomic E-state index is -3.52.